The molecule has 0 atom stereocenters. The zero-order valence-corrected chi connectivity index (χ0v) is 8.77. The number of hydrogen-bond donors (Lipinski definition) is 0. The van der Waals surface area contributed by atoms with Crippen molar-refractivity contribution < 1.29 is 0 Å². The molecule has 0 fully saturated rings. The lowest BCUT2D eigenvalue weighted by atomic mass is 10.1. The molecule has 68 valence electrons. The number of fused-ring (bicyclic) bond motifs is 1. The van der Waals surface area contributed by atoms with Gasteiger partial charge < -0.3 is 0 Å². The largest absolute Gasteiger partial charge is 0.0616 e. The smallest absolute Gasteiger partial charge is 0.0454 e. The minimum Gasteiger partial charge on any atom is -0.0616 e. The van der Waals surface area contributed by atoms with Crippen molar-refractivity contribution in [2.75, 3.05) is 0 Å². The van der Waals surface area contributed by atoms with Crippen LogP contribution in [-0.2, 0) is 0 Å². The lowest BCUT2D eigenvalue weighted by Gasteiger charge is -2.02. The van der Waals surface area contributed by atoms with Crippen LogP contribution in [0.25, 0.3) is 21.2 Å². The molecule has 3 nitrogen and oxygen atoms in total. The average molecular weight is 248 g/mol. The van der Waals surface area contributed by atoms with Crippen molar-refractivity contribution in [1.29, 1.82) is 0 Å². The van der Waals surface area contributed by atoms with Gasteiger partial charge in [-0.15, -0.1) is 0 Å². The van der Waals surface area contributed by atoms with Crippen LogP contribution in [-0.4, -0.2) is 0 Å². The third-order valence-electron chi connectivity index (χ3n) is 2.00. The van der Waals surface area contributed by atoms with Crippen LogP contribution in [0.1, 0.15) is 0 Å². The summed E-state index contributed by atoms with van der Waals surface area (Å²) in [6, 6.07) is 11.5. The minimum atomic E-state index is 0.659. The van der Waals surface area contributed by atoms with E-state index in [0.717, 1.165) is 15.2 Å². The third kappa shape index (κ3) is 1.45. The first-order valence-corrected chi connectivity index (χ1v) is 4.84. The third-order valence-corrected chi connectivity index (χ3v) is 2.69. The van der Waals surface area contributed by atoms with Gasteiger partial charge in [-0.2, -0.15) is 0 Å². The highest BCUT2D eigenvalue weighted by atomic mass is 79.9. The van der Waals surface area contributed by atoms with Gasteiger partial charge >= 0.3 is 0 Å². The van der Waals surface area contributed by atoms with Crippen LogP contribution in [0.4, 0.5) is 5.69 Å². The molecule has 0 amide bonds. The van der Waals surface area contributed by atoms with Crippen molar-refractivity contribution in [2.24, 2.45) is 5.11 Å². The van der Waals surface area contributed by atoms with Gasteiger partial charge in [0.1, 0.15) is 0 Å². The van der Waals surface area contributed by atoms with Gasteiger partial charge in [-0.25, -0.2) is 0 Å². The molecule has 0 bridgehead atoms. The van der Waals surface area contributed by atoms with Gasteiger partial charge in [-0.05, 0) is 22.4 Å². The molecule has 0 aromatic heterocycles. The Bertz CT molecular complexity index is 530. The van der Waals surface area contributed by atoms with Crippen molar-refractivity contribution >= 4 is 32.4 Å². The Morgan fingerprint density at radius 2 is 1.79 bits per heavy atom. The maximum absolute atomic E-state index is 8.40. The van der Waals surface area contributed by atoms with Gasteiger partial charge in [0.25, 0.3) is 0 Å². The molecular formula is C10H6BrN3. The maximum Gasteiger partial charge on any atom is 0.0454 e. The van der Waals surface area contributed by atoms with E-state index < -0.39 is 0 Å². The lowest BCUT2D eigenvalue weighted by Crippen LogP contribution is -1.74. The van der Waals surface area contributed by atoms with E-state index in [2.05, 4.69) is 26.0 Å². The van der Waals surface area contributed by atoms with Gasteiger partial charge in [0.15, 0.2) is 0 Å². The molecule has 0 spiro atoms. The summed E-state index contributed by atoms with van der Waals surface area (Å²) < 4.78 is 1.00. The van der Waals surface area contributed by atoms with Crippen LogP contribution in [0.5, 0.6) is 0 Å². The first kappa shape index (κ1) is 9.06. The molecule has 0 radical (unpaired) electrons. The maximum atomic E-state index is 8.40. The van der Waals surface area contributed by atoms with Crippen LogP contribution in [0, 0.1) is 0 Å². The van der Waals surface area contributed by atoms with E-state index in [9.17, 15) is 0 Å². The Labute approximate surface area is 89.1 Å². The number of halogens is 1. The van der Waals surface area contributed by atoms with Crippen molar-refractivity contribution in [2.45, 2.75) is 0 Å². The molecule has 2 aromatic carbocycles. The zero-order valence-electron chi connectivity index (χ0n) is 7.18. The summed E-state index contributed by atoms with van der Waals surface area (Å²) in [6.45, 7) is 0. The normalized spacial score (nSPS) is 9.79. The fourth-order valence-corrected chi connectivity index (χ4v) is 1.86. The molecule has 2 rings (SSSR count). The first-order chi connectivity index (χ1) is 6.83. The van der Waals surface area contributed by atoms with E-state index in [0.29, 0.717) is 5.69 Å². The van der Waals surface area contributed by atoms with Gasteiger partial charge in [-0.1, -0.05) is 51.4 Å². The van der Waals surface area contributed by atoms with E-state index in [1.807, 2.05) is 30.3 Å². The molecule has 0 saturated heterocycles. The SMILES string of the molecule is [N-]=[N+]=Nc1ccc(Br)c2ccccc12. The predicted octanol–water partition coefficient (Wildman–Crippen LogP) is 4.54. The standard InChI is InChI=1S/C10H6BrN3/c11-9-5-6-10(13-14-12)8-4-2-1-3-7(8)9/h1-6H. The second-order valence-corrected chi connectivity index (χ2v) is 3.66. The molecule has 0 saturated carbocycles. The molecular weight excluding hydrogens is 242 g/mol. The van der Waals surface area contributed by atoms with E-state index in [1.54, 1.807) is 6.07 Å². The summed E-state index contributed by atoms with van der Waals surface area (Å²) in [4.78, 5) is 2.80. The Morgan fingerprint density at radius 1 is 1.07 bits per heavy atom. The van der Waals surface area contributed by atoms with Crippen LogP contribution in [0.3, 0.4) is 0 Å². The van der Waals surface area contributed by atoms with Crippen LogP contribution >= 0.6 is 15.9 Å². The molecule has 0 aliphatic carbocycles. The summed E-state index contributed by atoms with van der Waals surface area (Å²) in [5.74, 6) is 0. The molecule has 4 heteroatoms. The van der Waals surface area contributed by atoms with Gasteiger partial charge in [0.2, 0.25) is 0 Å². The minimum absolute atomic E-state index is 0.659. The fraction of sp³-hybridized carbons (Fsp3) is 0. The second-order valence-electron chi connectivity index (χ2n) is 2.80. The summed E-state index contributed by atoms with van der Waals surface area (Å²) in [5, 5.41) is 5.65. The molecule has 0 aliphatic heterocycles. The van der Waals surface area contributed by atoms with Gasteiger partial charge in [0.05, 0.1) is 0 Å². The monoisotopic (exact) mass is 247 g/mol. The average Bonchev–Trinajstić information content (AvgIpc) is 2.23. The number of rotatable bonds is 1. The Hall–Kier alpha value is -1.51. The summed E-state index contributed by atoms with van der Waals surface area (Å²) in [5.41, 5.74) is 9.05. The fourth-order valence-electron chi connectivity index (χ4n) is 1.38. The number of hydrogen-bond acceptors (Lipinski definition) is 1. The molecule has 0 heterocycles. The predicted molar refractivity (Wildman–Crippen MR) is 60.5 cm³/mol. The molecule has 0 N–H and O–H groups in total. The Kier molecular flexibility index (Phi) is 2.39. The van der Waals surface area contributed by atoms with Crippen LogP contribution in [0.2, 0.25) is 0 Å². The van der Waals surface area contributed by atoms with Crippen molar-refractivity contribution in [1.82, 2.24) is 0 Å². The highest BCUT2D eigenvalue weighted by molar-refractivity contribution is 9.10. The van der Waals surface area contributed by atoms with Gasteiger partial charge in [-0.3, -0.25) is 0 Å². The lowest BCUT2D eigenvalue weighted by molar-refractivity contribution is 1.51. The van der Waals surface area contributed by atoms with E-state index in [1.165, 1.54) is 0 Å². The van der Waals surface area contributed by atoms with E-state index in [4.69, 9.17) is 5.53 Å². The molecule has 0 aliphatic rings. The molecule has 0 unspecified atom stereocenters. The number of nitrogens with zero attached hydrogens (tertiary/aromatic N) is 3. The first-order valence-electron chi connectivity index (χ1n) is 4.05. The topological polar surface area (TPSA) is 48.8 Å². The van der Waals surface area contributed by atoms with E-state index in [-0.39, 0.29) is 0 Å². The highest BCUT2D eigenvalue weighted by Crippen LogP contribution is 2.31. The van der Waals surface area contributed by atoms with Crippen LogP contribution in [0.15, 0.2) is 46.0 Å². The Balaban J connectivity index is 2.88. The number of benzene rings is 2. The highest BCUT2D eigenvalue weighted by Gasteiger charge is 2.01. The van der Waals surface area contributed by atoms with Crippen molar-refractivity contribution in [3.8, 4) is 0 Å². The number of azide groups is 1. The quantitative estimate of drug-likeness (QED) is 0.404. The molecule has 14 heavy (non-hydrogen) atoms. The van der Waals surface area contributed by atoms with Crippen molar-refractivity contribution in [3.05, 3.63) is 51.3 Å². The van der Waals surface area contributed by atoms with Crippen LogP contribution < -0.4 is 0 Å². The Morgan fingerprint density at radius 3 is 2.50 bits per heavy atom. The van der Waals surface area contributed by atoms with Gasteiger partial charge in [0, 0.05) is 15.1 Å². The van der Waals surface area contributed by atoms with Crippen molar-refractivity contribution in [3.63, 3.8) is 0 Å². The molecule has 2 aromatic rings. The summed E-state index contributed by atoms with van der Waals surface area (Å²) in [7, 11) is 0. The second kappa shape index (κ2) is 3.70. The summed E-state index contributed by atoms with van der Waals surface area (Å²) >= 11 is 3.45. The van der Waals surface area contributed by atoms with E-state index >= 15 is 0 Å². The zero-order chi connectivity index (χ0) is 9.97. The summed E-state index contributed by atoms with van der Waals surface area (Å²) in [6.07, 6.45) is 0.